The molecule has 0 aliphatic heterocycles. The molecule has 1 N–H and O–H groups in total. The molecule has 0 atom stereocenters. The molecular formula is C20H17FN4O2S. The highest BCUT2D eigenvalue weighted by Gasteiger charge is 2.15. The van der Waals surface area contributed by atoms with E-state index in [0.717, 1.165) is 17.0 Å². The number of benzene rings is 1. The van der Waals surface area contributed by atoms with Crippen LogP contribution in [0.5, 0.6) is 5.75 Å². The Morgan fingerprint density at radius 1 is 1.29 bits per heavy atom. The monoisotopic (exact) mass is 396 g/mol. The fraction of sp³-hybridized carbons (Fsp3) is 0.150. The van der Waals surface area contributed by atoms with Crippen LogP contribution >= 0.6 is 11.3 Å². The molecule has 0 spiro atoms. The molecule has 1 aromatic carbocycles. The highest BCUT2D eigenvalue weighted by atomic mass is 32.1. The van der Waals surface area contributed by atoms with Gasteiger partial charge in [-0.1, -0.05) is 6.92 Å². The second kappa shape index (κ2) is 7.40. The van der Waals surface area contributed by atoms with E-state index in [1.807, 2.05) is 29.8 Å². The molecule has 0 saturated carbocycles. The summed E-state index contributed by atoms with van der Waals surface area (Å²) in [5, 5.41) is 11.3. The van der Waals surface area contributed by atoms with Crippen LogP contribution in [0.25, 0.3) is 16.9 Å². The van der Waals surface area contributed by atoms with Crippen LogP contribution in [0.2, 0.25) is 0 Å². The van der Waals surface area contributed by atoms with Gasteiger partial charge in [0.15, 0.2) is 17.2 Å². The second-order valence-corrected chi connectivity index (χ2v) is 6.88. The van der Waals surface area contributed by atoms with Crippen molar-refractivity contribution in [3.63, 3.8) is 0 Å². The summed E-state index contributed by atoms with van der Waals surface area (Å²) in [4.78, 5) is 17.1. The number of hydrogen-bond acceptors (Lipinski definition) is 5. The minimum Gasteiger partial charge on any atom is -0.494 e. The van der Waals surface area contributed by atoms with E-state index < -0.39 is 11.7 Å². The molecule has 6 nitrogen and oxygen atoms in total. The molecule has 8 heteroatoms. The largest absolute Gasteiger partial charge is 0.494 e. The lowest BCUT2D eigenvalue weighted by atomic mass is 10.2. The van der Waals surface area contributed by atoms with Crippen molar-refractivity contribution in [2.24, 2.45) is 0 Å². The van der Waals surface area contributed by atoms with Gasteiger partial charge in [-0.2, -0.15) is 16.4 Å². The molecule has 142 valence electrons. The van der Waals surface area contributed by atoms with Crippen molar-refractivity contribution in [1.82, 2.24) is 14.6 Å². The third kappa shape index (κ3) is 3.34. The Morgan fingerprint density at radius 3 is 2.82 bits per heavy atom. The number of amides is 1. The third-order valence-corrected chi connectivity index (χ3v) is 5.01. The SMILES string of the molecule is CCc1cc(C(=O)Nc2ccc(OC)c(F)c2)nc2cc(-c3ccsc3)nn12. The van der Waals surface area contributed by atoms with Crippen LogP contribution in [-0.2, 0) is 6.42 Å². The fourth-order valence-corrected chi connectivity index (χ4v) is 3.55. The molecular weight excluding hydrogens is 379 g/mol. The highest BCUT2D eigenvalue weighted by molar-refractivity contribution is 7.08. The van der Waals surface area contributed by atoms with Gasteiger partial charge < -0.3 is 10.1 Å². The molecule has 0 aliphatic rings. The maximum Gasteiger partial charge on any atom is 0.274 e. The fourth-order valence-electron chi connectivity index (χ4n) is 2.90. The number of ether oxygens (including phenoxy) is 1. The predicted molar refractivity (Wildman–Crippen MR) is 107 cm³/mol. The van der Waals surface area contributed by atoms with Gasteiger partial charge in [0, 0.05) is 34.5 Å². The summed E-state index contributed by atoms with van der Waals surface area (Å²) in [6.45, 7) is 1.99. The molecule has 3 heterocycles. The minimum atomic E-state index is -0.547. The standard InChI is InChI=1S/C20H17FN4O2S/c1-3-14-9-17(20(26)22-13-4-5-18(27-2)15(21)8-13)23-19-10-16(24-25(14)19)12-6-7-28-11-12/h4-11H,3H2,1-2H3,(H,22,26). The van der Waals surface area contributed by atoms with Crippen LogP contribution in [-0.4, -0.2) is 27.6 Å². The summed E-state index contributed by atoms with van der Waals surface area (Å²) in [6.07, 6.45) is 0.682. The lowest BCUT2D eigenvalue weighted by molar-refractivity contribution is 0.102. The van der Waals surface area contributed by atoms with Crippen LogP contribution in [0.3, 0.4) is 0 Å². The minimum absolute atomic E-state index is 0.117. The van der Waals surface area contributed by atoms with Crippen LogP contribution in [0.1, 0.15) is 23.1 Å². The first kappa shape index (κ1) is 18.1. The van der Waals surface area contributed by atoms with E-state index in [0.29, 0.717) is 17.8 Å². The summed E-state index contributed by atoms with van der Waals surface area (Å²) >= 11 is 1.59. The quantitative estimate of drug-likeness (QED) is 0.542. The van der Waals surface area contributed by atoms with E-state index in [4.69, 9.17) is 4.74 Å². The highest BCUT2D eigenvalue weighted by Crippen LogP contribution is 2.24. The number of nitrogens with zero attached hydrogens (tertiary/aromatic N) is 3. The average Bonchev–Trinajstić information content (AvgIpc) is 3.36. The van der Waals surface area contributed by atoms with Gasteiger partial charge in [-0.3, -0.25) is 4.79 Å². The molecule has 3 aromatic heterocycles. The van der Waals surface area contributed by atoms with Gasteiger partial charge in [-0.05, 0) is 36.1 Å². The zero-order valence-corrected chi connectivity index (χ0v) is 16.1. The van der Waals surface area contributed by atoms with Crippen molar-refractivity contribution in [3.8, 4) is 17.0 Å². The maximum absolute atomic E-state index is 13.9. The van der Waals surface area contributed by atoms with Crippen LogP contribution in [0, 0.1) is 5.82 Å². The van der Waals surface area contributed by atoms with Crippen LogP contribution < -0.4 is 10.1 Å². The number of aryl methyl sites for hydroxylation is 1. The zero-order chi connectivity index (χ0) is 19.7. The maximum atomic E-state index is 13.9. The number of methoxy groups -OCH3 is 1. The van der Waals surface area contributed by atoms with E-state index >= 15 is 0 Å². The molecule has 0 bridgehead atoms. The number of rotatable bonds is 5. The van der Waals surface area contributed by atoms with Gasteiger partial charge in [0.05, 0.1) is 12.8 Å². The van der Waals surface area contributed by atoms with E-state index in [1.165, 1.54) is 19.2 Å². The average molecular weight is 396 g/mol. The summed E-state index contributed by atoms with van der Waals surface area (Å²) in [5.74, 6) is -0.847. The predicted octanol–water partition coefficient (Wildman–Crippen LogP) is 4.42. The number of anilines is 1. The summed E-state index contributed by atoms with van der Waals surface area (Å²) in [6, 6.07) is 9.79. The number of carbonyl (C=O) groups excluding carboxylic acids is 1. The molecule has 0 aliphatic carbocycles. The molecule has 0 fully saturated rings. The lowest BCUT2D eigenvalue weighted by Gasteiger charge is -2.09. The van der Waals surface area contributed by atoms with Gasteiger partial charge in [-0.25, -0.2) is 13.9 Å². The molecule has 4 rings (SSSR count). The number of aromatic nitrogens is 3. The number of nitrogens with one attached hydrogen (secondary N) is 1. The first-order valence-electron chi connectivity index (χ1n) is 8.66. The van der Waals surface area contributed by atoms with Crippen LogP contribution in [0.15, 0.2) is 47.2 Å². The normalized spacial score (nSPS) is 11.0. The summed E-state index contributed by atoms with van der Waals surface area (Å²) < 4.78 is 20.5. The van der Waals surface area contributed by atoms with Gasteiger partial charge in [0.2, 0.25) is 0 Å². The second-order valence-electron chi connectivity index (χ2n) is 6.10. The van der Waals surface area contributed by atoms with Gasteiger partial charge in [-0.15, -0.1) is 0 Å². The van der Waals surface area contributed by atoms with E-state index in [2.05, 4.69) is 15.4 Å². The number of fused-ring (bicyclic) bond motifs is 1. The zero-order valence-electron chi connectivity index (χ0n) is 15.3. The van der Waals surface area contributed by atoms with Crippen LogP contribution in [0.4, 0.5) is 10.1 Å². The lowest BCUT2D eigenvalue weighted by Crippen LogP contribution is -2.16. The number of hydrogen-bond donors (Lipinski definition) is 1. The number of thiophene rings is 1. The Hall–Kier alpha value is -3.26. The van der Waals surface area contributed by atoms with Crippen molar-refractivity contribution in [1.29, 1.82) is 0 Å². The number of carbonyl (C=O) groups is 1. The summed E-state index contributed by atoms with van der Waals surface area (Å²) in [7, 11) is 1.39. The van der Waals surface area contributed by atoms with Crippen molar-refractivity contribution in [3.05, 3.63) is 64.4 Å². The van der Waals surface area contributed by atoms with E-state index in [1.54, 1.807) is 28.0 Å². The molecule has 0 unspecified atom stereocenters. The smallest absolute Gasteiger partial charge is 0.274 e. The molecule has 28 heavy (non-hydrogen) atoms. The van der Waals surface area contributed by atoms with E-state index in [9.17, 15) is 9.18 Å². The van der Waals surface area contributed by atoms with Crippen molar-refractivity contribution >= 4 is 28.6 Å². The number of halogens is 1. The first-order valence-corrected chi connectivity index (χ1v) is 9.60. The first-order chi connectivity index (χ1) is 13.6. The Kier molecular flexibility index (Phi) is 4.79. The Balaban J connectivity index is 1.68. The molecule has 1 amide bonds. The molecule has 0 radical (unpaired) electrons. The third-order valence-electron chi connectivity index (χ3n) is 4.32. The Morgan fingerprint density at radius 2 is 2.14 bits per heavy atom. The Bertz CT molecular complexity index is 1150. The van der Waals surface area contributed by atoms with Gasteiger partial charge in [0.25, 0.3) is 5.91 Å². The van der Waals surface area contributed by atoms with Crippen molar-refractivity contribution < 1.29 is 13.9 Å². The van der Waals surface area contributed by atoms with E-state index in [-0.39, 0.29) is 11.4 Å². The van der Waals surface area contributed by atoms with Crippen molar-refractivity contribution in [2.75, 3.05) is 12.4 Å². The Labute approximate surface area is 164 Å². The van der Waals surface area contributed by atoms with Gasteiger partial charge >= 0.3 is 0 Å². The van der Waals surface area contributed by atoms with Crippen molar-refractivity contribution in [2.45, 2.75) is 13.3 Å². The topological polar surface area (TPSA) is 68.5 Å². The van der Waals surface area contributed by atoms with Gasteiger partial charge in [0.1, 0.15) is 5.69 Å². The molecule has 4 aromatic rings. The molecule has 0 saturated heterocycles. The summed E-state index contributed by atoms with van der Waals surface area (Å²) in [5.41, 5.74) is 3.84.